The van der Waals surface area contributed by atoms with E-state index in [2.05, 4.69) is 5.32 Å². The predicted molar refractivity (Wildman–Crippen MR) is 246 cm³/mol. The van der Waals surface area contributed by atoms with Gasteiger partial charge in [0.1, 0.15) is 40.7 Å². The number of carboxylic acid groups (broad SMARTS) is 1. The molecule has 5 aliphatic rings. The van der Waals surface area contributed by atoms with Crippen LogP contribution in [-0.4, -0.2) is 149 Å². The molecular formula is C47H63ClN4O14S. The summed E-state index contributed by atoms with van der Waals surface area (Å²) in [6.45, 7) is 7.10. The van der Waals surface area contributed by atoms with Crippen molar-refractivity contribution in [2.24, 2.45) is 17.8 Å². The first-order chi connectivity index (χ1) is 31.6. The molecule has 4 heterocycles. The first-order valence-corrected chi connectivity index (χ1v) is 24.1. The normalized spacial score (nSPS) is 33.1. The Hall–Kier alpha value is -4.69. The molecule has 1 unspecified atom stereocenters. The number of ether oxygens (including phenoxy) is 5. The van der Waals surface area contributed by atoms with E-state index >= 15 is 0 Å². The molecule has 0 radical (unpaired) electrons. The topological polar surface area (TPSA) is 231 Å². The zero-order chi connectivity index (χ0) is 49.1. The number of imide groups is 1. The minimum absolute atomic E-state index is 0.00460. The molecule has 4 aliphatic heterocycles. The number of thioether (sulfide) groups is 1. The molecule has 1 aromatic carbocycles. The van der Waals surface area contributed by atoms with E-state index in [1.165, 1.54) is 54.7 Å². The Morgan fingerprint density at radius 1 is 1.09 bits per heavy atom. The fourth-order valence-corrected chi connectivity index (χ4v) is 10.9. The van der Waals surface area contributed by atoms with E-state index in [1.807, 2.05) is 13.0 Å². The first-order valence-electron chi connectivity index (χ1n) is 22.6. The summed E-state index contributed by atoms with van der Waals surface area (Å²) in [5.74, 6) is -3.58. The number of methoxy groups -OCH3 is 2. The number of hydrogen-bond donors (Lipinski definition) is 3. The second-order valence-corrected chi connectivity index (χ2v) is 20.3. The number of aliphatic carboxylic acids is 1. The lowest BCUT2D eigenvalue weighted by Crippen LogP contribution is -2.63. The standard InChI is InChI=1S/C47H63ClN4O14S/c1-25-10-9-11-35(63-8)47(61)23-33(64-45(60)49-47)26(2)41-46(4,66-41)36(22-38(54)51(6)31-19-29(18-25)20-32(62-7)40(31)48)65-44(59)27(3)50(5)37(53)16-17-67-34-21-39(55)52(42(34)56)24-28-12-14-30(15-13-28)43(57)58/h9-11,19-20,26-28,30,33-36,41,61H,12-18,21-24H2,1-8H3,(H,49,60)(H,57,58)/b11-9+,25-10-/t26-,27+,28?,30?,33+,34?,35-,36+,41+,46+,47+/m1/s1. The minimum atomic E-state index is -1.88. The van der Waals surface area contributed by atoms with Gasteiger partial charge in [-0.2, -0.15) is 0 Å². The molecule has 67 heavy (non-hydrogen) atoms. The lowest BCUT2D eigenvalue weighted by atomic mass is 9.82. The smallest absolute Gasteiger partial charge is 0.409 e. The maximum absolute atomic E-state index is 14.3. The van der Waals surface area contributed by atoms with E-state index in [4.69, 9.17) is 35.3 Å². The van der Waals surface area contributed by atoms with Crippen molar-refractivity contribution in [3.63, 3.8) is 0 Å². The summed E-state index contributed by atoms with van der Waals surface area (Å²) < 4.78 is 29.4. The molecule has 1 aromatic rings. The molecular weight excluding hydrogens is 912 g/mol. The van der Waals surface area contributed by atoms with Gasteiger partial charge in [0.25, 0.3) is 0 Å². The number of likely N-dealkylation sites (N-methyl/N-ethyl adjacent to an activating group) is 1. The van der Waals surface area contributed by atoms with Crippen LogP contribution >= 0.6 is 23.4 Å². The Kier molecular flexibility index (Phi) is 16.4. The van der Waals surface area contributed by atoms with E-state index in [-0.39, 0.29) is 60.7 Å². The number of carbonyl (C=O) groups is 7. The number of anilines is 1. The van der Waals surface area contributed by atoms with Crippen LogP contribution in [0.3, 0.4) is 0 Å². The number of hydrogen-bond acceptors (Lipinski definition) is 14. The highest BCUT2D eigenvalue weighted by atomic mass is 35.5. The molecule has 0 spiro atoms. The van der Waals surface area contributed by atoms with Crippen molar-refractivity contribution in [2.75, 3.05) is 45.5 Å². The summed E-state index contributed by atoms with van der Waals surface area (Å²) in [5, 5.41) is 23.2. The number of allylic oxidation sites excluding steroid dienone is 3. The quantitative estimate of drug-likeness (QED) is 0.147. The number of nitrogens with zero attached hydrogens (tertiary/aromatic N) is 3. The van der Waals surface area contributed by atoms with Gasteiger partial charge in [-0.25, -0.2) is 9.59 Å². The van der Waals surface area contributed by atoms with Crippen molar-refractivity contribution in [2.45, 2.75) is 133 Å². The van der Waals surface area contributed by atoms with Crippen LogP contribution in [-0.2, 0) is 54.1 Å². The van der Waals surface area contributed by atoms with Gasteiger partial charge >= 0.3 is 18.0 Å². The number of epoxide rings is 1. The second kappa shape index (κ2) is 21.3. The van der Waals surface area contributed by atoms with Crippen LogP contribution in [0.1, 0.15) is 84.6 Å². The molecule has 4 fully saturated rings. The molecule has 4 bridgehead atoms. The van der Waals surface area contributed by atoms with E-state index < -0.39 is 88.7 Å². The summed E-state index contributed by atoms with van der Waals surface area (Å²) in [6, 6.07) is 2.40. The Labute approximate surface area is 400 Å². The summed E-state index contributed by atoms with van der Waals surface area (Å²) in [4.78, 5) is 96.2. The third-order valence-electron chi connectivity index (χ3n) is 14.0. The zero-order valence-electron chi connectivity index (χ0n) is 39.3. The Morgan fingerprint density at radius 3 is 2.45 bits per heavy atom. The van der Waals surface area contributed by atoms with Gasteiger partial charge in [0.15, 0.2) is 5.72 Å². The largest absolute Gasteiger partial charge is 0.495 e. The number of alkyl carbamates (subject to hydrolysis) is 1. The third-order valence-corrected chi connectivity index (χ3v) is 15.6. The summed E-state index contributed by atoms with van der Waals surface area (Å²) in [6.07, 6.45) is 2.63. The van der Waals surface area contributed by atoms with Gasteiger partial charge in [0.05, 0.1) is 36.5 Å². The number of amides is 5. The number of esters is 1. The molecule has 368 valence electrons. The molecule has 3 saturated heterocycles. The average molecular weight is 976 g/mol. The second-order valence-electron chi connectivity index (χ2n) is 18.6. The fraction of sp³-hybridized carbons (Fsp3) is 0.638. The summed E-state index contributed by atoms with van der Waals surface area (Å²) >= 11 is 8.00. The number of fused-ring (bicyclic) bond motifs is 5. The van der Waals surface area contributed by atoms with Crippen LogP contribution in [0.2, 0.25) is 5.02 Å². The number of likely N-dealkylation sites (tertiary alicyclic amines) is 1. The molecule has 0 aromatic heterocycles. The number of carbonyl (C=O) groups excluding carboxylic acids is 6. The number of nitrogens with one attached hydrogen (secondary N) is 1. The van der Waals surface area contributed by atoms with Crippen molar-refractivity contribution in [3.8, 4) is 5.75 Å². The fourth-order valence-electron chi connectivity index (χ4n) is 9.51. The van der Waals surface area contributed by atoms with E-state index in [1.54, 1.807) is 45.2 Å². The van der Waals surface area contributed by atoms with Crippen molar-refractivity contribution in [1.82, 2.24) is 15.1 Å². The summed E-state index contributed by atoms with van der Waals surface area (Å²) in [5.41, 5.74) is -1.16. The van der Waals surface area contributed by atoms with Gasteiger partial charge in [-0.3, -0.25) is 34.2 Å². The SMILES string of the molecule is COc1cc2cc(c1Cl)N(C)C(=O)C[C@H](OC(=O)[C@H](C)N(C)C(=O)CCSC1CC(=O)N(CC3CCC(C(=O)O)CC3)C1=O)[C@]1(C)O[C@H]1[C@H](C)[C@@H]1C[C@@](O)(NC(=O)O1)[C@H](OC)/C=C/C=C(/C)C2. The number of carboxylic acids is 1. The lowest BCUT2D eigenvalue weighted by molar-refractivity contribution is -0.162. The van der Waals surface area contributed by atoms with Gasteiger partial charge in [-0.05, 0) is 76.5 Å². The molecule has 20 heteroatoms. The molecule has 9 atom stereocenters. The number of benzene rings is 1. The van der Waals surface area contributed by atoms with Crippen LogP contribution < -0.4 is 15.0 Å². The van der Waals surface area contributed by atoms with Crippen LogP contribution in [0, 0.1) is 17.8 Å². The van der Waals surface area contributed by atoms with Crippen LogP contribution in [0.5, 0.6) is 5.75 Å². The monoisotopic (exact) mass is 974 g/mol. The van der Waals surface area contributed by atoms with E-state index in [0.29, 0.717) is 43.5 Å². The van der Waals surface area contributed by atoms with Crippen LogP contribution in [0.25, 0.3) is 0 Å². The summed E-state index contributed by atoms with van der Waals surface area (Å²) in [7, 11) is 5.87. The van der Waals surface area contributed by atoms with Crippen molar-refractivity contribution < 1.29 is 67.5 Å². The van der Waals surface area contributed by atoms with Gasteiger partial charge in [0, 0.05) is 58.7 Å². The number of halogens is 1. The van der Waals surface area contributed by atoms with E-state index in [9.17, 15) is 43.8 Å². The maximum atomic E-state index is 14.3. The first kappa shape index (κ1) is 51.7. The van der Waals surface area contributed by atoms with E-state index in [0.717, 1.165) is 11.1 Å². The van der Waals surface area contributed by atoms with Crippen molar-refractivity contribution >= 4 is 70.7 Å². The Balaban J connectivity index is 1.16. The van der Waals surface area contributed by atoms with Gasteiger partial charge in [0.2, 0.25) is 23.6 Å². The molecule has 5 amide bonds. The van der Waals surface area contributed by atoms with Gasteiger partial charge in [-0.15, -0.1) is 11.8 Å². The van der Waals surface area contributed by atoms with Crippen molar-refractivity contribution in [3.05, 3.63) is 46.5 Å². The Bertz CT molecular complexity index is 2170. The third kappa shape index (κ3) is 11.6. The number of aliphatic hydroxyl groups is 1. The molecule has 1 aliphatic carbocycles. The van der Waals surface area contributed by atoms with Crippen LogP contribution in [0.15, 0.2) is 35.9 Å². The minimum Gasteiger partial charge on any atom is -0.495 e. The molecule has 6 rings (SSSR count). The molecule has 1 saturated carbocycles. The van der Waals surface area contributed by atoms with Gasteiger partial charge in [-0.1, -0.05) is 42.3 Å². The average Bonchev–Trinajstić information content (AvgIpc) is 3.91. The maximum Gasteiger partial charge on any atom is 0.409 e. The predicted octanol–water partition coefficient (Wildman–Crippen LogP) is 4.66. The molecule has 3 N–H and O–H groups in total. The van der Waals surface area contributed by atoms with Gasteiger partial charge < -0.3 is 43.7 Å². The highest BCUT2D eigenvalue weighted by molar-refractivity contribution is 8.00. The highest BCUT2D eigenvalue weighted by Gasteiger charge is 2.64. The lowest BCUT2D eigenvalue weighted by Gasteiger charge is -2.42. The number of rotatable bonds is 12. The Morgan fingerprint density at radius 2 is 1.79 bits per heavy atom. The zero-order valence-corrected chi connectivity index (χ0v) is 40.9. The molecule has 18 nitrogen and oxygen atoms in total. The van der Waals surface area contributed by atoms with Crippen molar-refractivity contribution in [1.29, 1.82) is 0 Å². The highest BCUT2D eigenvalue weighted by Crippen LogP contribution is 2.49. The van der Waals surface area contributed by atoms with Crippen LogP contribution in [0.4, 0.5) is 10.5 Å².